The van der Waals surface area contributed by atoms with Crippen molar-refractivity contribution < 1.29 is 9.59 Å². The van der Waals surface area contributed by atoms with Gasteiger partial charge in [0.1, 0.15) is 0 Å². The van der Waals surface area contributed by atoms with E-state index in [1.54, 1.807) is 12.1 Å². The molecule has 21 heavy (non-hydrogen) atoms. The van der Waals surface area contributed by atoms with E-state index < -0.39 is 5.25 Å². The van der Waals surface area contributed by atoms with Crippen molar-refractivity contribution in [1.82, 2.24) is 10.6 Å². The number of carbonyl (C=O) groups excluding carboxylic acids is 2. The van der Waals surface area contributed by atoms with Crippen LogP contribution in [0.15, 0.2) is 23.1 Å². The van der Waals surface area contributed by atoms with Crippen LogP contribution in [0.4, 0.5) is 5.69 Å². The predicted molar refractivity (Wildman–Crippen MR) is 83.7 cm³/mol. The quantitative estimate of drug-likeness (QED) is 0.784. The molecule has 1 atom stereocenters. The fraction of sp³-hybridized carbons (Fsp3) is 0.429. The standard InChI is InChI=1S/C14H16ClN3O2S/c15-9-1-2-11-10(3-9)18-14(20)12(21-11)4-13(19)17-7-8-5-16-6-8/h1-3,8,12,16H,4-7H2,(H,17,19)(H,18,20). The summed E-state index contributed by atoms with van der Waals surface area (Å²) in [5.74, 6) is 0.298. The van der Waals surface area contributed by atoms with Gasteiger partial charge in [-0.3, -0.25) is 9.59 Å². The maximum Gasteiger partial charge on any atom is 0.238 e. The first kappa shape index (κ1) is 14.7. The monoisotopic (exact) mass is 325 g/mol. The number of thioether (sulfide) groups is 1. The summed E-state index contributed by atoms with van der Waals surface area (Å²) in [7, 11) is 0. The first-order valence-electron chi connectivity index (χ1n) is 6.86. The van der Waals surface area contributed by atoms with Crippen LogP contribution in [-0.2, 0) is 9.59 Å². The number of nitrogens with one attached hydrogen (secondary N) is 3. The average Bonchev–Trinajstić information content (AvgIpc) is 2.38. The van der Waals surface area contributed by atoms with Gasteiger partial charge in [-0.05, 0) is 18.2 Å². The highest BCUT2D eigenvalue weighted by molar-refractivity contribution is 8.01. The Balaban J connectivity index is 1.57. The van der Waals surface area contributed by atoms with Crippen molar-refractivity contribution >= 4 is 40.9 Å². The Labute approximate surface area is 132 Å². The molecule has 0 aliphatic carbocycles. The van der Waals surface area contributed by atoms with Crippen LogP contribution in [0.5, 0.6) is 0 Å². The maximum absolute atomic E-state index is 12.0. The zero-order valence-corrected chi connectivity index (χ0v) is 12.9. The molecule has 112 valence electrons. The predicted octanol–water partition coefficient (Wildman–Crippen LogP) is 1.48. The van der Waals surface area contributed by atoms with Gasteiger partial charge in [0.25, 0.3) is 0 Å². The van der Waals surface area contributed by atoms with E-state index in [2.05, 4.69) is 16.0 Å². The minimum Gasteiger partial charge on any atom is -0.356 e. The van der Waals surface area contributed by atoms with Crippen LogP contribution in [0, 0.1) is 5.92 Å². The van der Waals surface area contributed by atoms with Gasteiger partial charge in [-0.15, -0.1) is 11.8 Å². The maximum atomic E-state index is 12.0. The number of benzene rings is 1. The fourth-order valence-electron chi connectivity index (χ4n) is 2.25. The van der Waals surface area contributed by atoms with Crippen molar-refractivity contribution in [1.29, 1.82) is 0 Å². The number of rotatable bonds is 4. The molecule has 0 spiro atoms. The molecule has 1 aromatic rings. The van der Waals surface area contributed by atoms with E-state index in [1.807, 2.05) is 6.07 Å². The molecule has 1 unspecified atom stereocenters. The molecule has 3 rings (SSSR count). The number of carbonyl (C=O) groups is 2. The van der Waals surface area contributed by atoms with Gasteiger partial charge >= 0.3 is 0 Å². The molecule has 1 aromatic carbocycles. The summed E-state index contributed by atoms with van der Waals surface area (Å²) < 4.78 is 0. The van der Waals surface area contributed by atoms with E-state index in [0.29, 0.717) is 17.5 Å². The van der Waals surface area contributed by atoms with Gasteiger partial charge in [-0.1, -0.05) is 11.6 Å². The Morgan fingerprint density at radius 1 is 1.43 bits per heavy atom. The molecule has 3 N–H and O–H groups in total. The Morgan fingerprint density at radius 2 is 2.24 bits per heavy atom. The molecule has 0 bridgehead atoms. The minimum atomic E-state index is -0.391. The van der Waals surface area contributed by atoms with Gasteiger partial charge in [0.05, 0.1) is 10.9 Å². The second kappa shape index (κ2) is 6.25. The lowest BCUT2D eigenvalue weighted by Gasteiger charge is -2.28. The normalized spacial score (nSPS) is 21.2. The van der Waals surface area contributed by atoms with E-state index in [1.165, 1.54) is 11.8 Å². The van der Waals surface area contributed by atoms with Gasteiger partial charge in [-0.25, -0.2) is 0 Å². The van der Waals surface area contributed by atoms with Crippen molar-refractivity contribution in [3.63, 3.8) is 0 Å². The van der Waals surface area contributed by atoms with Crippen LogP contribution in [0.3, 0.4) is 0 Å². The summed E-state index contributed by atoms with van der Waals surface area (Å²) in [6, 6.07) is 5.37. The summed E-state index contributed by atoms with van der Waals surface area (Å²) in [6.45, 7) is 2.58. The van der Waals surface area contributed by atoms with Gasteiger partial charge in [-0.2, -0.15) is 0 Å². The summed E-state index contributed by atoms with van der Waals surface area (Å²) in [5, 5.41) is 9.05. The van der Waals surface area contributed by atoms with Crippen LogP contribution < -0.4 is 16.0 Å². The Kier molecular flexibility index (Phi) is 4.37. The van der Waals surface area contributed by atoms with Crippen LogP contribution >= 0.6 is 23.4 Å². The number of hydrogen-bond acceptors (Lipinski definition) is 4. The molecule has 2 aliphatic heterocycles. The lowest BCUT2D eigenvalue weighted by Crippen LogP contribution is -2.48. The highest BCUT2D eigenvalue weighted by Crippen LogP contribution is 2.38. The molecule has 1 saturated heterocycles. The summed E-state index contributed by atoms with van der Waals surface area (Å²) in [5.41, 5.74) is 0.717. The zero-order valence-electron chi connectivity index (χ0n) is 11.3. The second-order valence-corrected chi connectivity index (χ2v) is 6.95. The average molecular weight is 326 g/mol. The molecular weight excluding hydrogens is 310 g/mol. The van der Waals surface area contributed by atoms with Crippen LogP contribution in [-0.4, -0.2) is 36.7 Å². The SMILES string of the molecule is O=C(CC1Sc2ccc(Cl)cc2NC1=O)NCC1CNC1. The van der Waals surface area contributed by atoms with Crippen molar-refractivity contribution in [2.24, 2.45) is 5.92 Å². The first-order chi connectivity index (χ1) is 10.1. The largest absolute Gasteiger partial charge is 0.356 e. The van der Waals surface area contributed by atoms with Gasteiger partial charge in [0.15, 0.2) is 0 Å². The zero-order chi connectivity index (χ0) is 14.8. The van der Waals surface area contributed by atoms with Crippen molar-refractivity contribution in [2.45, 2.75) is 16.6 Å². The number of fused-ring (bicyclic) bond motifs is 1. The molecular formula is C14H16ClN3O2S. The molecule has 2 aliphatic rings. The van der Waals surface area contributed by atoms with E-state index in [4.69, 9.17) is 11.6 Å². The highest BCUT2D eigenvalue weighted by atomic mass is 35.5. The molecule has 7 heteroatoms. The topological polar surface area (TPSA) is 70.2 Å². The number of halogens is 1. The van der Waals surface area contributed by atoms with Crippen LogP contribution in [0.2, 0.25) is 5.02 Å². The number of hydrogen-bond donors (Lipinski definition) is 3. The smallest absolute Gasteiger partial charge is 0.238 e. The third-order valence-corrected chi connectivity index (χ3v) is 5.10. The number of amides is 2. The van der Waals surface area contributed by atoms with Crippen molar-refractivity contribution in [3.8, 4) is 0 Å². The summed E-state index contributed by atoms with van der Waals surface area (Å²) >= 11 is 7.32. The third kappa shape index (κ3) is 3.51. The Bertz CT molecular complexity index is 577. The molecule has 0 radical (unpaired) electrons. The molecule has 5 nitrogen and oxygen atoms in total. The molecule has 2 heterocycles. The van der Waals surface area contributed by atoms with Gasteiger partial charge in [0, 0.05) is 41.9 Å². The van der Waals surface area contributed by atoms with Crippen LogP contribution in [0.1, 0.15) is 6.42 Å². The fourth-order valence-corrected chi connectivity index (χ4v) is 3.51. The van der Waals surface area contributed by atoms with E-state index in [0.717, 1.165) is 23.7 Å². The van der Waals surface area contributed by atoms with E-state index in [-0.39, 0.29) is 18.2 Å². The summed E-state index contributed by atoms with van der Waals surface area (Å²) in [4.78, 5) is 24.9. The summed E-state index contributed by atoms with van der Waals surface area (Å²) in [6.07, 6.45) is 0.193. The van der Waals surface area contributed by atoms with E-state index >= 15 is 0 Å². The Morgan fingerprint density at radius 3 is 2.95 bits per heavy atom. The van der Waals surface area contributed by atoms with Gasteiger partial charge < -0.3 is 16.0 Å². The Hall–Kier alpha value is -1.24. The number of anilines is 1. The first-order valence-corrected chi connectivity index (χ1v) is 8.12. The van der Waals surface area contributed by atoms with Crippen molar-refractivity contribution in [2.75, 3.05) is 25.0 Å². The highest BCUT2D eigenvalue weighted by Gasteiger charge is 2.29. The lowest BCUT2D eigenvalue weighted by atomic mass is 10.0. The van der Waals surface area contributed by atoms with Gasteiger partial charge in [0.2, 0.25) is 11.8 Å². The lowest BCUT2D eigenvalue weighted by molar-refractivity contribution is -0.124. The third-order valence-electron chi connectivity index (χ3n) is 3.59. The molecule has 0 aromatic heterocycles. The van der Waals surface area contributed by atoms with Crippen molar-refractivity contribution in [3.05, 3.63) is 23.2 Å². The minimum absolute atomic E-state index is 0.0769. The van der Waals surface area contributed by atoms with Crippen LogP contribution in [0.25, 0.3) is 0 Å². The van der Waals surface area contributed by atoms with E-state index in [9.17, 15) is 9.59 Å². The molecule has 1 fully saturated rings. The second-order valence-electron chi connectivity index (χ2n) is 5.27. The molecule has 0 saturated carbocycles. The molecule has 2 amide bonds.